The van der Waals surface area contributed by atoms with Crippen molar-refractivity contribution >= 4 is 28.9 Å². The SMILES string of the molecule is COC[C@H](C)NC1CCN(c2ccc(NC(=O)c3cccc(Cl)c3)cc2)CC1. The summed E-state index contributed by atoms with van der Waals surface area (Å²) in [5.74, 6) is -0.160. The van der Waals surface area contributed by atoms with E-state index in [0.29, 0.717) is 22.7 Å². The zero-order valence-electron chi connectivity index (χ0n) is 16.5. The van der Waals surface area contributed by atoms with Crippen molar-refractivity contribution in [3.8, 4) is 0 Å². The van der Waals surface area contributed by atoms with E-state index in [-0.39, 0.29) is 5.91 Å². The molecule has 0 aromatic heterocycles. The topological polar surface area (TPSA) is 53.6 Å². The highest BCUT2D eigenvalue weighted by molar-refractivity contribution is 6.31. The molecular formula is C22H28ClN3O2. The number of methoxy groups -OCH3 is 1. The fourth-order valence-corrected chi connectivity index (χ4v) is 3.78. The predicted octanol–water partition coefficient (Wildman–Crippen LogP) is 4.19. The summed E-state index contributed by atoms with van der Waals surface area (Å²) in [5.41, 5.74) is 2.51. The number of hydrogen-bond acceptors (Lipinski definition) is 4. The predicted molar refractivity (Wildman–Crippen MR) is 116 cm³/mol. The van der Waals surface area contributed by atoms with Crippen LogP contribution in [0.5, 0.6) is 0 Å². The number of benzene rings is 2. The zero-order valence-corrected chi connectivity index (χ0v) is 17.2. The van der Waals surface area contributed by atoms with Crippen molar-refractivity contribution in [1.82, 2.24) is 5.32 Å². The van der Waals surface area contributed by atoms with E-state index in [4.69, 9.17) is 16.3 Å². The second-order valence-corrected chi connectivity index (χ2v) is 7.73. The number of carbonyl (C=O) groups is 1. The standard InChI is InChI=1S/C22H28ClN3O2/c1-16(15-28-2)24-20-10-12-26(13-11-20)21-8-6-19(7-9-21)25-22(27)17-4-3-5-18(23)14-17/h3-9,14,16,20,24H,10-13,15H2,1-2H3,(H,25,27)/t16-/m0/s1. The Morgan fingerprint density at radius 2 is 1.93 bits per heavy atom. The average molecular weight is 402 g/mol. The zero-order chi connectivity index (χ0) is 19.9. The third-order valence-corrected chi connectivity index (χ3v) is 5.24. The van der Waals surface area contributed by atoms with Gasteiger partial charge in [-0.1, -0.05) is 17.7 Å². The van der Waals surface area contributed by atoms with Gasteiger partial charge < -0.3 is 20.3 Å². The molecule has 2 aromatic carbocycles. The number of ether oxygens (including phenoxy) is 1. The molecule has 1 aliphatic heterocycles. The molecule has 1 amide bonds. The molecule has 150 valence electrons. The molecule has 2 N–H and O–H groups in total. The first kappa shape index (κ1) is 20.6. The number of nitrogens with zero attached hydrogens (tertiary/aromatic N) is 1. The minimum Gasteiger partial charge on any atom is -0.383 e. The number of nitrogens with one attached hydrogen (secondary N) is 2. The molecule has 1 atom stereocenters. The fourth-order valence-electron chi connectivity index (χ4n) is 3.59. The Kier molecular flexibility index (Phi) is 7.31. The summed E-state index contributed by atoms with van der Waals surface area (Å²) in [5, 5.41) is 7.10. The van der Waals surface area contributed by atoms with Gasteiger partial charge in [0.25, 0.3) is 5.91 Å². The molecule has 28 heavy (non-hydrogen) atoms. The second-order valence-electron chi connectivity index (χ2n) is 7.30. The number of rotatable bonds is 7. The summed E-state index contributed by atoms with van der Waals surface area (Å²) in [6, 6.07) is 15.9. The first-order valence-corrected chi connectivity index (χ1v) is 10.1. The van der Waals surface area contributed by atoms with Crippen LogP contribution < -0.4 is 15.5 Å². The maximum absolute atomic E-state index is 12.3. The molecule has 1 heterocycles. The van der Waals surface area contributed by atoms with E-state index < -0.39 is 0 Å². The van der Waals surface area contributed by atoms with Crippen molar-refractivity contribution in [2.45, 2.75) is 31.8 Å². The van der Waals surface area contributed by atoms with Crippen molar-refractivity contribution in [2.75, 3.05) is 37.0 Å². The van der Waals surface area contributed by atoms with E-state index in [9.17, 15) is 4.79 Å². The third-order valence-electron chi connectivity index (χ3n) is 5.01. The molecule has 0 saturated carbocycles. The van der Waals surface area contributed by atoms with Gasteiger partial charge in [-0.05, 0) is 62.2 Å². The van der Waals surface area contributed by atoms with Crippen LogP contribution >= 0.6 is 11.6 Å². The van der Waals surface area contributed by atoms with Crippen molar-refractivity contribution in [1.29, 1.82) is 0 Å². The minimum atomic E-state index is -0.160. The van der Waals surface area contributed by atoms with Crippen LogP contribution in [0.2, 0.25) is 5.02 Å². The third kappa shape index (κ3) is 5.71. The summed E-state index contributed by atoms with van der Waals surface area (Å²) in [6.45, 7) is 4.94. The van der Waals surface area contributed by atoms with Gasteiger partial charge in [-0.2, -0.15) is 0 Å². The van der Waals surface area contributed by atoms with E-state index in [1.807, 2.05) is 12.1 Å². The molecule has 1 fully saturated rings. The van der Waals surface area contributed by atoms with E-state index in [1.165, 1.54) is 5.69 Å². The lowest BCUT2D eigenvalue weighted by molar-refractivity contribution is 0.102. The largest absolute Gasteiger partial charge is 0.383 e. The first-order chi connectivity index (χ1) is 13.5. The van der Waals surface area contributed by atoms with E-state index in [2.05, 4.69) is 34.6 Å². The van der Waals surface area contributed by atoms with Crippen molar-refractivity contribution in [3.05, 3.63) is 59.1 Å². The smallest absolute Gasteiger partial charge is 0.255 e. The summed E-state index contributed by atoms with van der Waals surface area (Å²) in [7, 11) is 1.74. The van der Waals surface area contributed by atoms with Gasteiger partial charge in [0.1, 0.15) is 0 Å². The second kappa shape index (κ2) is 9.92. The van der Waals surface area contributed by atoms with Gasteiger partial charge in [0.15, 0.2) is 0 Å². The van der Waals surface area contributed by atoms with Gasteiger partial charge in [-0.25, -0.2) is 0 Å². The Morgan fingerprint density at radius 3 is 2.57 bits per heavy atom. The number of halogens is 1. The Bertz CT molecular complexity index is 774. The first-order valence-electron chi connectivity index (χ1n) is 9.72. The molecule has 0 radical (unpaired) electrons. The van der Waals surface area contributed by atoms with Gasteiger partial charge in [-0.15, -0.1) is 0 Å². The van der Waals surface area contributed by atoms with Crippen LogP contribution in [-0.4, -0.2) is 44.8 Å². The number of hydrogen-bond donors (Lipinski definition) is 2. The number of anilines is 2. The Labute approximate surface area is 172 Å². The molecule has 3 rings (SSSR count). The molecule has 5 nitrogen and oxygen atoms in total. The lowest BCUT2D eigenvalue weighted by Crippen LogP contribution is -2.46. The molecule has 0 unspecified atom stereocenters. The van der Waals surface area contributed by atoms with Gasteiger partial charge in [0, 0.05) is 54.2 Å². The van der Waals surface area contributed by atoms with Gasteiger partial charge in [0.2, 0.25) is 0 Å². The monoisotopic (exact) mass is 401 g/mol. The molecule has 0 bridgehead atoms. The van der Waals surface area contributed by atoms with Crippen LogP contribution in [0.25, 0.3) is 0 Å². The number of carbonyl (C=O) groups excluding carboxylic acids is 1. The summed E-state index contributed by atoms with van der Waals surface area (Å²) < 4.78 is 5.20. The van der Waals surface area contributed by atoms with E-state index in [0.717, 1.165) is 38.2 Å². The maximum atomic E-state index is 12.3. The van der Waals surface area contributed by atoms with Crippen LogP contribution in [0, 0.1) is 0 Å². The van der Waals surface area contributed by atoms with Crippen molar-refractivity contribution < 1.29 is 9.53 Å². The molecular weight excluding hydrogens is 374 g/mol. The minimum absolute atomic E-state index is 0.160. The number of amides is 1. The van der Waals surface area contributed by atoms with Gasteiger partial charge in [-0.3, -0.25) is 4.79 Å². The van der Waals surface area contributed by atoms with Crippen LogP contribution in [-0.2, 0) is 4.74 Å². The van der Waals surface area contributed by atoms with E-state index in [1.54, 1.807) is 31.4 Å². The van der Waals surface area contributed by atoms with Crippen LogP contribution in [0.4, 0.5) is 11.4 Å². The lowest BCUT2D eigenvalue weighted by Gasteiger charge is -2.35. The molecule has 1 aliphatic rings. The molecule has 0 spiro atoms. The Balaban J connectivity index is 1.51. The Hall–Kier alpha value is -2.08. The molecule has 6 heteroatoms. The van der Waals surface area contributed by atoms with Gasteiger partial charge in [0.05, 0.1) is 6.61 Å². The molecule has 1 saturated heterocycles. The normalized spacial score (nSPS) is 16.0. The maximum Gasteiger partial charge on any atom is 0.255 e. The van der Waals surface area contributed by atoms with E-state index >= 15 is 0 Å². The fraction of sp³-hybridized carbons (Fsp3) is 0.409. The average Bonchev–Trinajstić information content (AvgIpc) is 2.69. The summed E-state index contributed by atoms with van der Waals surface area (Å²) >= 11 is 5.96. The molecule has 2 aromatic rings. The van der Waals surface area contributed by atoms with Crippen LogP contribution in [0.3, 0.4) is 0 Å². The Morgan fingerprint density at radius 1 is 1.21 bits per heavy atom. The van der Waals surface area contributed by atoms with Crippen LogP contribution in [0.15, 0.2) is 48.5 Å². The van der Waals surface area contributed by atoms with Crippen molar-refractivity contribution in [3.63, 3.8) is 0 Å². The highest BCUT2D eigenvalue weighted by atomic mass is 35.5. The highest BCUT2D eigenvalue weighted by Crippen LogP contribution is 2.23. The van der Waals surface area contributed by atoms with Crippen molar-refractivity contribution in [2.24, 2.45) is 0 Å². The summed E-state index contributed by atoms with van der Waals surface area (Å²) in [4.78, 5) is 14.7. The van der Waals surface area contributed by atoms with Crippen LogP contribution in [0.1, 0.15) is 30.1 Å². The summed E-state index contributed by atoms with van der Waals surface area (Å²) in [6.07, 6.45) is 2.22. The molecule has 0 aliphatic carbocycles. The van der Waals surface area contributed by atoms with Gasteiger partial charge >= 0.3 is 0 Å². The number of piperidine rings is 1. The highest BCUT2D eigenvalue weighted by Gasteiger charge is 2.20. The lowest BCUT2D eigenvalue weighted by atomic mass is 10.0. The quantitative estimate of drug-likeness (QED) is 0.730.